The van der Waals surface area contributed by atoms with Crippen LogP contribution in [0.4, 0.5) is 4.39 Å². The highest BCUT2D eigenvalue weighted by Gasteiger charge is 2.18. The van der Waals surface area contributed by atoms with E-state index >= 15 is 0 Å². The highest BCUT2D eigenvalue weighted by Crippen LogP contribution is 2.13. The normalized spacial score (nSPS) is 20.4. The molecule has 1 unspecified atom stereocenters. The summed E-state index contributed by atoms with van der Waals surface area (Å²) in [7, 11) is 0. The highest BCUT2D eigenvalue weighted by atomic mass is 19.1. The molecule has 0 spiro atoms. The molecular weight excluding hydrogens is 183 g/mol. The van der Waals surface area contributed by atoms with Crippen LogP contribution >= 0.6 is 0 Å². The first-order valence-electron chi connectivity index (χ1n) is 4.45. The molecular formula is C10H11FN2O. The van der Waals surface area contributed by atoms with Gasteiger partial charge in [-0.25, -0.2) is 9.38 Å². The van der Waals surface area contributed by atoms with Crippen molar-refractivity contribution < 1.29 is 9.13 Å². The molecule has 0 aromatic heterocycles. The second-order valence-electron chi connectivity index (χ2n) is 3.23. The van der Waals surface area contributed by atoms with E-state index in [1.165, 1.54) is 6.07 Å². The van der Waals surface area contributed by atoms with Crippen molar-refractivity contribution in [3.63, 3.8) is 0 Å². The number of amidine groups is 1. The van der Waals surface area contributed by atoms with Gasteiger partial charge in [0.25, 0.3) is 6.02 Å². The maximum Gasteiger partial charge on any atom is 0.282 e. The first-order chi connectivity index (χ1) is 6.75. The van der Waals surface area contributed by atoms with E-state index < -0.39 is 0 Å². The van der Waals surface area contributed by atoms with Crippen LogP contribution in [0.2, 0.25) is 0 Å². The molecule has 0 saturated heterocycles. The Hall–Kier alpha value is -1.58. The van der Waals surface area contributed by atoms with E-state index in [1.54, 1.807) is 18.2 Å². The van der Waals surface area contributed by atoms with Gasteiger partial charge in [-0.05, 0) is 11.6 Å². The van der Waals surface area contributed by atoms with Gasteiger partial charge < -0.3 is 10.5 Å². The number of hydrogen-bond donors (Lipinski definition) is 1. The molecule has 0 aliphatic carbocycles. The fraction of sp³-hybridized carbons (Fsp3) is 0.300. The quantitative estimate of drug-likeness (QED) is 0.765. The summed E-state index contributed by atoms with van der Waals surface area (Å²) >= 11 is 0. The molecule has 1 heterocycles. The van der Waals surface area contributed by atoms with Gasteiger partial charge in [0.2, 0.25) is 0 Å². The van der Waals surface area contributed by atoms with Crippen LogP contribution in [0.5, 0.6) is 0 Å². The van der Waals surface area contributed by atoms with Gasteiger partial charge in [-0.2, -0.15) is 0 Å². The van der Waals surface area contributed by atoms with E-state index in [4.69, 9.17) is 10.5 Å². The van der Waals surface area contributed by atoms with E-state index in [2.05, 4.69) is 4.99 Å². The van der Waals surface area contributed by atoms with E-state index in [9.17, 15) is 4.39 Å². The second-order valence-corrected chi connectivity index (χ2v) is 3.23. The minimum atomic E-state index is -0.201. The summed E-state index contributed by atoms with van der Waals surface area (Å²) in [6.07, 6.45) is 0.535. The fourth-order valence-electron chi connectivity index (χ4n) is 1.46. The largest absolute Gasteiger partial charge is 0.463 e. The van der Waals surface area contributed by atoms with Gasteiger partial charge in [0.15, 0.2) is 0 Å². The molecule has 1 aromatic rings. The van der Waals surface area contributed by atoms with Crippen molar-refractivity contribution in [1.82, 2.24) is 0 Å². The number of nitrogens with two attached hydrogens (primary N) is 1. The topological polar surface area (TPSA) is 47.6 Å². The number of benzene rings is 1. The number of nitrogens with zero attached hydrogens (tertiary/aromatic N) is 1. The Morgan fingerprint density at radius 1 is 1.50 bits per heavy atom. The lowest BCUT2D eigenvalue weighted by atomic mass is 10.1. The lowest BCUT2D eigenvalue weighted by Gasteiger charge is -2.05. The smallest absolute Gasteiger partial charge is 0.282 e. The zero-order valence-corrected chi connectivity index (χ0v) is 7.61. The molecule has 0 fully saturated rings. The molecule has 0 radical (unpaired) electrons. The van der Waals surface area contributed by atoms with Crippen molar-refractivity contribution in [3.8, 4) is 0 Å². The summed E-state index contributed by atoms with van der Waals surface area (Å²) in [5.74, 6) is -0.201. The minimum Gasteiger partial charge on any atom is -0.463 e. The Balaban J connectivity index is 2.08. The third kappa shape index (κ3) is 1.84. The Morgan fingerprint density at radius 3 is 2.93 bits per heavy atom. The van der Waals surface area contributed by atoms with E-state index in [0.717, 1.165) is 0 Å². The van der Waals surface area contributed by atoms with Gasteiger partial charge in [-0.1, -0.05) is 18.2 Å². The van der Waals surface area contributed by atoms with Crippen LogP contribution in [0.3, 0.4) is 0 Å². The molecule has 0 saturated carbocycles. The van der Waals surface area contributed by atoms with Gasteiger partial charge in [-0.15, -0.1) is 0 Å². The standard InChI is InChI=1S/C10H11FN2O/c11-9-4-2-1-3-7(9)5-8-6-14-10(12)13-8/h1-4,8H,5-6H2,(H2,12,13). The summed E-state index contributed by atoms with van der Waals surface area (Å²) in [6.45, 7) is 0.445. The SMILES string of the molecule is NC1=NC(Cc2ccccc2F)CO1. The maximum absolute atomic E-state index is 13.2. The molecule has 3 nitrogen and oxygen atoms in total. The Bertz CT molecular complexity index is 365. The predicted octanol–water partition coefficient (Wildman–Crippen LogP) is 1.08. The zero-order valence-electron chi connectivity index (χ0n) is 7.61. The number of halogens is 1. The van der Waals surface area contributed by atoms with Crippen LogP contribution in [0, 0.1) is 5.82 Å². The van der Waals surface area contributed by atoms with Crippen molar-refractivity contribution >= 4 is 6.02 Å². The van der Waals surface area contributed by atoms with Gasteiger partial charge >= 0.3 is 0 Å². The molecule has 1 atom stereocenters. The molecule has 2 N–H and O–H groups in total. The third-order valence-electron chi connectivity index (χ3n) is 2.15. The summed E-state index contributed by atoms with van der Waals surface area (Å²) in [6, 6.07) is 6.82. The molecule has 1 aromatic carbocycles. The average molecular weight is 194 g/mol. The van der Waals surface area contributed by atoms with Crippen LogP contribution in [0.25, 0.3) is 0 Å². The lowest BCUT2D eigenvalue weighted by molar-refractivity contribution is 0.311. The summed E-state index contributed by atoms with van der Waals surface area (Å²) in [5.41, 5.74) is 6.00. The van der Waals surface area contributed by atoms with Crippen molar-refractivity contribution in [2.75, 3.05) is 6.61 Å². The molecule has 0 amide bonds. The molecule has 0 bridgehead atoms. The highest BCUT2D eigenvalue weighted by molar-refractivity contribution is 5.73. The number of rotatable bonds is 2. The summed E-state index contributed by atoms with van der Waals surface area (Å²) in [5, 5.41) is 0. The number of ether oxygens (including phenoxy) is 1. The Kier molecular flexibility index (Phi) is 2.35. The lowest BCUT2D eigenvalue weighted by Crippen LogP contribution is -2.11. The molecule has 2 rings (SSSR count). The zero-order chi connectivity index (χ0) is 9.97. The monoisotopic (exact) mass is 194 g/mol. The summed E-state index contributed by atoms with van der Waals surface area (Å²) in [4.78, 5) is 4.03. The summed E-state index contributed by atoms with van der Waals surface area (Å²) < 4.78 is 18.2. The first kappa shape index (κ1) is 8.99. The number of aliphatic imine (C=N–C) groups is 1. The van der Waals surface area contributed by atoms with Crippen molar-refractivity contribution in [2.45, 2.75) is 12.5 Å². The van der Waals surface area contributed by atoms with Gasteiger partial charge in [-0.3, -0.25) is 0 Å². The van der Waals surface area contributed by atoms with Gasteiger partial charge in [0.05, 0.1) is 6.04 Å². The molecule has 1 aliphatic rings. The minimum absolute atomic E-state index is 0.0492. The van der Waals surface area contributed by atoms with Crippen LogP contribution < -0.4 is 5.73 Å². The van der Waals surface area contributed by atoms with E-state index in [0.29, 0.717) is 18.6 Å². The van der Waals surface area contributed by atoms with Crippen molar-refractivity contribution in [3.05, 3.63) is 35.6 Å². The van der Waals surface area contributed by atoms with E-state index in [1.807, 2.05) is 0 Å². The Morgan fingerprint density at radius 2 is 2.29 bits per heavy atom. The molecule has 14 heavy (non-hydrogen) atoms. The third-order valence-corrected chi connectivity index (χ3v) is 2.15. The molecule has 4 heteroatoms. The van der Waals surface area contributed by atoms with Crippen LogP contribution in [-0.2, 0) is 11.2 Å². The molecule has 1 aliphatic heterocycles. The van der Waals surface area contributed by atoms with Gasteiger partial charge in [0, 0.05) is 6.42 Å². The second kappa shape index (κ2) is 3.65. The predicted molar refractivity (Wildman–Crippen MR) is 51.5 cm³/mol. The maximum atomic E-state index is 13.2. The van der Waals surface area contributed by atoms with Crippen LogP contribution in [0.1, 0.15) is 5.56 Å². The Labute approximate surface area is 81.4 Å². The van der Waals surface area contributed by atoms with Crippen LogP contribution in [-0.4, -0.2) is 18.7 Å². The van der Waals surface area contributed by atoms with E-state index in [-0.39, 0.29) is 17.9 Å². The van der Waals surface area contributed by atoms with Crippen LogP contribution in [0.15, 0.2) is 29.3 Å². The van der Waals surface area contributed by atoms with Crippen molar-refractivity contribution in [1.29, 1.82) is 0 Å². The number of hydrogen-bond acceptors (Lipinski definition) is 3. The van der Waals surface area contributed by atoms with Gasteiger partial charge in [0.1, 0.15) is 12.4 Å². The van der Waals surface area contributed by atoms with Crippen molar-refractivity contribution in [2.24, 2.45) is 10.7 Å². The first-order valence-corrected chi connectivity index (χ1v) is 4.45. The average Bonchev–Trinajstić information content (AvgIpc) is 2.56. The fourth-order valence-corrected chi connectivity index (χ4v) is 1.46. The molecule has 74 valence electrons.